The molecular formula is C33H25ClF5N7O. The van der Waals surface area contributed by atoms with Crippen molar-refractivity contribution < 1.29 is 27.1 Å². The smallest absolute Gasteiger partial charge is 0.374 e. The quantitative estimate of drug-likeness (QED) is 0.195. The third-order valence-corrected chi connectivity index (χ3v) is 8.73. The highest BCUT2D eigenvalue weighted by molar-refractivity contribution is 6.36. The second-order valence-corrected chi connectivity index (χ2v) is 11.9. The van der Waals surface area contributed by atoms with Gasteiger partial charge in [0, 0.05) is 48.6 Å². The molecule has 5 heterocycles. The van der Waals surface area contributed by atoms with Crippen LogP contribution in [0.5, 0.6) is 0 Å². The maximum atomic E-state index is 14.0. The number of anilines is 1. The molecule has 1 fully saturated rings. The van der Waals surface area contributed by atoms with Crippen LogP contribution in [-0.2, 0) is 25.2 Å². The van der Waals surface area contributed by atoms with Gasteiger partial charge >= 0.3 is 6.18 Å². The number of benzene rings is 2. The summed E-state index contributed by atoms with van der Waals surface area (Å²) in [7, 11) is 1.64. The molecule has 2 aromatic carbocycles. The van der Waals surface area contributed by atoms with Crippen LogP contribution < -0.4 is 4.90 Å². The van der Waals surface area contributed by atoms with E-state index in [0.717, 1.165) is 23.5 Å². The minimum absolute atomic E-state index is 0.0643. The van der Waals surface area contributed by atoms with Crippen molar-refractivity contribution in [3.8, 4) is 5.69 Å². The highest BCUT2D eigenvalue weighted by Crippen LogP contribution is 2.43. The lowest BCUT2D eigenvalue weighted by atomic mass is 9.83. The molecule has 7 rings (SSSR count). The van der Waals surface area contributed by atoms with Gasteiger partial charge in [0.05, 0.1) is 47.5 Å². The van der Waals surface area contributed by atoms with E-state index in [1.54, 1.807) is 46.8 Å². The van der Waals surface area contributed by atoms with E-state index in [4.69, 9.17) is 16.6 Å². The van der Waals surface area contributed by atoms with Gasteiger partial charge in [0.25, 0.3) is 5.92 Å². The molecule has 14 heteroatoms. The predicted octanol–water partition coefficient (Wildman–Crippen LogP) is 6.55. The number of pyridine rings is 2. The number of rotatable bonds is 7. The molecule has 240 valence electrons. The van der Waals surface area contributed by atoms with Gasteiger partial charge in [-0.15, -0.1) is 0 Å². The van der Waals surface area contributed by atoms with Gasteiger partial charge in [0.2, 0.25) is 0 Å². The number of imidazole rings is 1. The summed E-state index contributed by atoms with van der Waals surface area (Å²) in [6, 6.07) is 16.1. The summed E-state index contributed by atoms with van der Waals surface area (Å²) in [5.41, 5.74) is 0.0623. The number of nitrogens with zero attached hydrogens (tertiary/aromatic N) is 7. The second-order valence-electron chi connectivity index (χ2n) is 11.5. The van der Waals surface area contributed by atoms with Gasteiger partial charge in [-0.3, -0.25) is 4.98 Å². The van der Waals surface area contributed by atoms with E-state index in [1.807, 2.05) is 30.5 Å². The molecule has 0 amide bonds. The van der Waals surface area contributed by atoms with Gasteiger partial charge in [-0.05, 0) is 47.5 Å². The molecule has 1 aliphatic rings. The molecule has 0 bridgehead atoms. The normalized spacial score (nSPS) is 15.9. The Hall–Kier alpha value is -4.88. The fourth-order valence-electron chi connectivity index (χ4n) is 5.89. The van der Waals surface area contributed by atoms with Gasteiger partial charge in [-0.25, -0.2) is 23.4 Å². The third-order valence-electron chi connectivity index (χ3n) is 8.30. The summed E-state index contributed by atoms with van der Waals surface area (Å²) in [6.07, 6.45) is 2.92. The van der Waals surface area contributed by atoms with E-state index in [-0.39, 0.29) is 28.3 Å². The number of fused-ring (bicyclic) bond motifs is 1. The standard InChI is InChI=1S/C33H25ClF5N7O/c1-44-19-40-16-28(44)32(47,22-6-10-27(41-15-22)33(37,38)39)21-5-9-26-24(14-21)29(34)25(30(43-26)45-17-31(35,36)18-45)13-20-3-7-23(8-4-20)46-12-2-11-42-46/h2-12,14-16,19,47H,13,17-18H2,1H3. The SMILES string of the molecule is Cn1cncc1C(O)(c1ccc(C(F)(F)F)nc1)c1ccc2nc(N3CC(F)(F)C3)c(Cc3ccc(-n4cccn4)cc3)c(Cl)c2c1. The van der Waals surface area contributed by atoms with Crippen LogP contribution in [0.4, 0.5) is 27.8 Å². The largest absolute Gasteiger partial charge is 0.433 e. The summed E-state index contributed by atoms with van der Waals surface area (Å²) in [5.74, 6) is -2.53. The number of halogens is 6. The first-order chi connectivity index (χ1) is 22.3. The van der Waals surface area contributed by atoms with Crippen molar-refractivity contribution in [1.29, 1.82) is 0 Å². The number of hydrogen-bond acceptors (Lipinski definition) is 6. The van der Waals surface area contributed by atoms with E-state index in [0.29, 0.717) is 22.3 Å². The lowest BCUT2D eigenvalue weighted by Crippen LogP contribution is -2.57. The summed E-state index contributed by atoms with van der Waals surface area (Å²) in [6.45, 7) is -1.02. The molecule has 0 spiro atoms. The van der Waals surface area contributed by atoms with E-state index in [1.165, 1.54) is 23.5 Å². The zero-order valence-corrected chi connectivity index (χ0v) is 25.4. The number of alkyl halides is 5. The molecule has 1 aliphatic heterocycles. The number of aromatic nitrogens is 6. The molecule has 1 atom stereocenters. The van der Waals surface area contributed by atoms with Crippen molar-refractivity contribution in [1.82, 2.24) is 29.3 Å². The molecule has 1 saturated heterocycles. The Labute approximate surface area is 269 Å². The molecule has 4 aromatic heterocycles. The van der Waals surface area contributed by atoms with Crippen LogP contribution in [0.2, 0.25) is 5.02 Å². The lowest BCUT2D eigenvalue weighted by Gasteiger charge is -2.40. The van der Waals surface area contributed by atoms with Crippen molar-refractivity contribution in [2.45, 2.75) is 24.1 Å². The summed E-state index contributed by atoms with van der Waals surface area (Å²) >= 11 is 7.10. The van der Waals surface area contributed by atoms with Crippen LogP contribution in [0, 0.1) is 0 Å². The number of aliphatic hydroxyl groups is 1. The van der Waals surface area contributed by atoms with Crippen LogP contribution >= 0.6 is 11.6 Å². The molecule has 6 aromatic rings. The van der Waals surface area contributed by atoms with Crippen LogP contribution in [0.3, 0.4) is 0 Å². The monoisotopic (exact) mass is 665 g/mol. The van der Waals surface area contributed by atoms with Crippen LogP contribution in [0.15, 0.2) is 91.8 Å². The first-order valence-electron chi connectivity index (χ1n) is 14.4. The Kier molecular flexibility index (Phi) is 7.28. The van der Waals surface area contributed by atoms with Gasteiger partial charge in [0.15, 0.2) is 5.60 Å². The number of aryl methyl sites for hydroxylation is 1. The van der Waals surface area contributed by atoms with Crippen molar-refractivity contribution in [2.75, 3.05) is 18.0 Å². The van der Waals surface area contributed by atoms with E-state index >= 15 is 0 Å². The zero-order chi connectivity index (χ0) is 33.1. The first-order valence-corrected chi connectivity index (χ1v) is 14.8. The predicted molar refractivity (Wildman–Crippen MR) is 165 cm³/mol. The van der Waals surface area contributed by atoms with Crippen molar-refractivity contribution in [2.24, 2.45) is 7.05 Å². The minimum atomic E-state index is -4.67. The van der Waals surface area contributed by atoms with Crippen molar-refractivity contribution in [3.05, 3.63) is 130 Å². The van der Waals surface area contributed by atoms with Gasteiger partial charge < -0.3 is 14.6 Å². The molecular weight excluding hydrogens is 641 g/mol. The average molecular weight is 666 g/mol. The fourth-order valence-corrected chi connectivity index (χ4v) is 6.20. The van der Waals surface area contributed by atoms with E-state index in [2.05, 4.69) is 15.1 Å². The van der Waals surface area contributed by atoms with E-state index in [9.17, 15) is 27.1 Å². The summed E-state index contributed by atoms with van der Waals surface area (Å²) in [4.78, 5) is 13.9. The van der Waals surface area contributed by atoms with Crippen molar-refractivity contribution in [3.63, 3.8) is 0 Å². The molecule has 0 radical (unpaired) electrons. The van der Waals surface area contributed by atoms with Gasteiger partial charge in [-0.1, -0.05) is 35.9 Å². The summed E-state index contributed by atoms with van der Waals surface area (Å²) in [5, 5.41) is 17.3. The molecule has 1 unspecified atom stereocenters. The highest BCUT2D eigenvalue weighted by Gasteiger charge is 2.46. The Balaban J connectivity index is 1.35. The van der Waals surface area contributed by atoms with Crippen LogP contribution in [-0.4, -0.2) is 53.4 Å². The Morgan fingerprint density at radius 2 is 1.72 bits per heavy atom. The minimum Gasteiger partial charge on any atom is -0.374 e. The van der Waals surface area contributed by atoms with Crippen molar-refractivity contribution >= 4 is 28.3 Å². The first kappa shape index (κ1) is 30.8. The maximum Gasteiger partial charge on any atom is 0.433 e. The fraction of sp³-hybridized carbons (Fsp3) is 0.212. The Bertz CT molecular complexity index is 2070. The third kappa shape index (κ3) is 5.48. The summed E-state index contributed by atoms with van der Waals surface area (Å²) < 4.78 is 71.3. The average Bonchev–Trinajstić information content (AvgIpc) is 3.73. The van der Waals surface area contributed by atoms with E-state index < -0.39 is 36.5 Å². The lowest BCUT2D eigenvalue weighted by molar-refractivity contribution is -0.141. The van der Waals surface area contributed by atoms with Gasteiger partial charge in [-0.2, -0.15) is 18.3 Å². The molecule has 47 heavy (non-hydrogen) atoms. The second kappa shape index (κ2) is 11.1. The molecule has 8 nitrogen and oxygen atoms in total. The molecule has 0 aliphatic carbocycles. The maximum absolute atomic E-state index is 14.0. The van der Waals surface area contributed by atoms with Crippen LogP contribution in [0.1, 0.15) is 33.6 Å². The number of hydrogen-bond donors (Lipinski definition) is 1. The Morgan fingerprint density at radius 3 is 2.32 bits per heavy atom. The molecule has 1 N–H and O–H groups in total. The Morgan fingerprint density at radius 1 is 0.979 bits per heavy atom. The molecule has 0 saturated carbocycles. The van der Waals surface area contributed by atoms with Crippen LogP contribution in [0.25, 0.3) is 16.6 Å². The highest BCUT2D eigenvalue weighted by atomic mass is 35.5. The topological polar surface area (TPSA) is 84.9 Å². The van der Waals surface area contributed by atoms with Gasteiger partial charge in [0.1, 0.15) is 11.5 Å². The zero-order valence-electron chi connectivity index (χ0n) is 24.6.